The molecule has 3 fully saturated rings. The zero-order valence-corrected chi connectivity index (χ0v) is 23.4. The van der Waals surface area contributed by atoms with Gasteiger partial charge in [0.25, 0.3) is 0 Å². The number of alkyl carbamates (subject to hydrolysis) is 1. The Kier molecular flexibility index (Phi) is 9.38. The number of carbonyl (C=O) groups is 2. The van der Waals surface area contributed by atoms with Crippen molar-refractivity contribution in [3.8, 4) is 0 Å². The van der Waals surface area contributed by atoms with Crippen molar-refractivity contribution >= 4 is 57.0 Å². The van der Waals surface area contributed by atoms with Crippen molar-refractivity contribution in [3.05, 3.63) is 35.9 Å². The van der Waals surface area contributed by atoms with Crippen LogP contribution >= 0.6 is 34.8 Å². The van der Waals surface area contributed by atoms with Crippen molar-refractivity contribution in [2.24, 2.45) is 5.92 Å². The molecule has 13 heteroatoms. The molecule has 1 aromatic carbocycles. The molecule has 9 nitrogen and oxygen atoms in total. The van der Waals surface area contributed by atoms with Gasteiger partial charge in [0.2, 0.25) is 13.8 Å². The predicted octanol–water partition coefficient (Wildman–Crippen LogP) is 4.46. The van der Waals surface area contributed by atoms with E-state index in [-0.39, 0.29) is 49.1 Å². The van der Waals surface area contributed by atoms with Crippen LogP contribution in [-0.4, -0.2) is 77.2 Å². The van der Waals surface area contributed by atoms with Crippen LogP contribution in [0.3, 0.4) is 0 Å². The summed E-state index contributed by atoms with van der Waals surface area (Å²) < 4.78 is 37.1. The van der Waals surface area contributed by atoms with Crippen LogP contribution in [0.1, 0.15) is 44.1 Å². The number of sulfonamides is 1. The Balaban J connectivity index is 1.23. The number of ether oxygens (including phenoxy) is 2. The number of rotatable bonds is 7. The molecule has 0 saturated carbocycles. The number of alkyl halides is 3. The van der Waals surface area contributed by atoms with Crippen LogP contribution in [0, 0.1) is 5.92 Å². The van der Waals surface area contributed by atoms with Gasteiger partial charge >= 0.3 is 12.2 Å². The summed E-state index contributed by atoms with van der Waals surface area (Å²) in [5.41, 5.74) is 0.921. The number of likely N-dealkylation sites (tertiary alicyclic amines) is 1. The summed E-state index contributed by atoms with van der Waals surface area (Å²) in [4.78, 5) is 26.1. The maximum absolute atomic E-state index is 13.4. The lowest BCUT2D eigenvalue weighted by molar-refractivity contribution is 0.0838. The topological polar surface area (TPSA) is 105 Å². The Labute approximate surface area is 232 Å². The van der Waals surface area contributed by atoms with E-state index in [0.717, 1.165) is 18.4 Å². The van der Waals surface area contributed by atoms with E-state index in [1.165, 1.54) is 0 Å². The maximum atomic E-state index is 13.4. The van der Waals surface area contributed by atoms with E-state index in [1.807, 2.05) is 30.3 Å². The van der Waals surface area contributed by atoms with Crippen molar-refractivity contribution in [3.63, 3.8) is 0 Å². The van der Waals surface area contributed by atoms with Crippen LogP contribution in [0.5, 0.6) is 0 Å². The van der Waals surface area contributed by atoms with Crippen molar-refractivity contribution in [1.82, 2.24) is 14.5 Å². The van der Waals surface area contributed by atoms with Gasteiger partial charge in [-0.25, -0.2) is 18.0 Å². The quantitative estimate of drug-likeness (QED) is 0.466. The molecule has 3 saturated heterocycles. The summed E-state index contributed by atoms with van der Waals surface area (Å²) in [7, 11) is -3.48. The second-order valence-electron chi connectivity index (χ2n) is 9.97. The van der Waals surface area contributed by atoms with Crippen LogP contribution in [0.15, 0.2) is 30.3 Å². The van der Waals surface area contributed by atoms with Crippen LogP contribution in [0.4, 0.5) is 9.59 Å². The van der Waals surface area contributed by atoms with E-state index in [2.05, 4.69) is 5.32 Å². The average molecular weight is 597 g/mol. The van der Waals surface area contributed by atoms with Crippen LogP contribution < -0.4 is 5.32 Å². The molecule has 0 radical (unpaired) electrons. The molecule has 3 heterocycles. The predicted molar refractivity (Wildman–Crippen MR) is 141 cm³/mol. The fraction of sp³-hybridized carbons (Fsp3) is 0.667. The van der Waals surface area contributed by atoms with E-state index < -0.39 is 19.9 Å². The number of halogens is 3. The fourth-order valence-corrected chi connectivity index (χ4v) is 8.09. The molecule has 2 amide bonds. The van der Waals surface area contributed by atoms with Gasteiger partial charge in [-0.3, -0.25) is 0 Å². The molecule has 0 spiro atoms. The van der Waals surface area contributed by atoms with Crippen LogP contribution in [0.25, 0.3) is 0 Å². The molecule has 3 aliphatic heterocycles. The highest BCUT2D eigenvalue weighted by Crippen LogP contribution is 2.39. The molecule has 2 unspecified atom stereocenters. The Morgan fingerprint density at radius 1 is 0.973 bits per heavy atom. The molecule has 2 atom stereocenters. The highest BCUT2D eigenvalue weighted by molar-refractivity contribution is 7.89. The summed E-state index contributed by atoms with van der Waals surface area (Å²) in [5, 5.41) is 2.77. The van der Waals surface area contributed by atoms with E-state index >= 15 is 0 Å². The minimum atomic E-state index is -3.48. The normalized spacial score (nSPS) is 25.1. The number of amides is 2. The molecule has 4 rings (SSSR count). The van der Waals surface area contributed by atoms with E-state index in [9.17, 15) is 18.0 Å². The Morgan fingerprint density at radius 3 is 2.19 bits per heavy atom. The van der Waals surface area contributed by atoms with Gasteiger partial charge in [-0.2, -0.15) is 4.31 Å². The van der Waals surface area contributed by atoms with Gasteiger partial charge in [0.15, 0.2) is 0 Å². The molecule has 0 aliphatic carbocycles. The summed E-state index contributed by atoms with van der Waals surface area (Å²) >= 11 is 16.8. The standard InChI is InChI=1S/C24H32Cl3N3O6S/c25-24(26,27)16-36-22(31)28-19-12-20-6-7-21(13-19)30(20)37(33,34)15-18-8-10-29(11-9-18)23(32)35-14-17-4-2-1-3-5-17/h1-5,18-21H,6-16H2,(H,28,31). The monoisotopic (exact) mass is 595 g/mol. The maximum Gasteiger partial charge on any atom is 0.410 e. The summed E-state index contributed by atoms with van der Waals surface area (Å²) in [5.74, 6) is 0.0475. The molecular weight excluding hydrogens is 565 g/mol. The van der Waals surface area contributed by atoms with Crippen molar-refractivity contribution in [2.45, 2.75) is 67.0 Å². The molecule has 0 aromatic heterocycles. The molecule has 37 heavy (non-hydrogen) atoms. The van der Waals surface area contributed by atoms with E-state index in [4.69, 9.17) is 44.3 Å². The first-order chi connectivity index (χ1) is 17.5. The number of hydrogen-bond donors (Lipinski definition) is 1. The van der Waals surface area contributed by atoms with Gasteiger partial charge in [0.05, 0.1) is 5.75 Å². The Hall–Kier alpha value is -1.46. The smallest absolute Gasteiger partial charge is 0.410 e. The van der Waals surface area contributed by atoms with Crippen LogP contribution in [0.2, 0.25) is 0 Å². The number of hydrogen-bond acceptors (Lipinski definition) is 6. The first kappa shape index (κ1) is 28.5. The number of carbonyl (C=O) groups excluding carboxylic acids is 2. The zero-order chi connectivity index (χ0) is 26.6. The highest BCUT2D eigenvalue weighted by Gasteiger charge is 2.47. The first-order valence-corrected chi connectivity index (χ1v) is 15.2. The third kappa shape index (κ3) is 8.02. The van der Waals surface area contributed by atoms with Gasteiger partial charge in [0, 0.05) is 31.2 Å². The van der Waals surface area contributed by atoms with Crippen LogP contribution in [-0.2, 0) is 26.1 Å². The summed E-state index contributed by atoms with van der Waals surface area (Å²) in [6, 6.07) is 8.97. The third-order valence-electron chi connectivity index (χ3n) is 7.20. The molecule has 1 aromatic rings. The lowest BCUT2D eigenvalue weighted by Gasteiger charge is -2.39. The molecule has 2 bridgehead atoms. The van der Waals surface area contributed by atoms with Crippen molar-refractivity contribution in [2.75, 3.05) is 25.4 Å². The number of nitrogens with zero attached hydrogens (tertiary/aromatic N) is 2. The largest absolute Gasteiger partial charge is 0.445 e. The number of benzene rings is 1. The van der Waals surface area contributed by atoms with Gasteiger partial charge in [-0.1, -0.05) is 65.1 Å². The van der Waals surface area contributed by atoms with Crippen molar-refractivity contribution < 1.29 is 27.5 Å². The fourth-order valence-electron chi connectivity index (χ4n) is 5.54. The highest BCUT2D eigenvalue weighted by atomic mass is 35.6. The van der Waals surface area contributed by atoms with Crippen molar-refractivity contribution in [1.29, 1.82) is 0 Å². The second-order valence-corrected chi connectivity index (χ2v) is 14.4. The SMILES string of the molecule is O=C(NC1CC2CCC(C1)N2S(=O)(=O)CC1CCN(C(=O)OCc2ccccc2)CC1)OCC(Cl)(Cl)Cl. The number of nitrogens with one attached hydrogen (secondary N) is 1. The van der Waals surface area contributed by atoms with E-state index in [1.54, 1.807) is 9.21 Å². The molecule has 3 aliphatic rings. The molecular formula is C24H32Cl3N3O6S. The zero-order valence-electron chi connectivity index (χ0n) is 20.4. The summed E-state index contributed by atoms with van der Waals surface area (Å²) in [6.07, 6.45) is 2.73. The first-order valence-electron chi connectivity index (χ1n) is 12.5. The van der Waals surface area contributed by atoms with Gasteiger partial charge < -0.3 is 19.7 Å². The lowest BCUT2D eigenvalue weighted by atomic mass is 9.99. The second kappa shape index (κ2) is 12.2. The molecule has 206 valence electrons. The van der Waals surface area contributed by atoms with E-state index in [0.29, 0.717) is 38.8 Å². The minimum absolute atomic E-state index is 0.0182. The summed E-state index contributed by atoms with van der Waals surface area (Å²) in [6.45, 7) is 0.797. The Bertz CT molecular complexity index is 1030. The third-order valence-corrected chi connectivity index (χ3v) is 9.66. The number of fused-ring (bicyclic) bond motifs is 2. The average Bonchev–Trinajstić information content (AvgIpc) is 3.14. The Morgan fingerprint density at radius 2 is 1.59 bits per heavy atom. The minimum Gasteiger partial charge on any atom is -0.445 e. The van der Waals surface area contributed by atoms with Gasteiger partial charge in [-0.05, 0) is 50.0 Å². The van der Waals surface area contributed by atoms with Gasteiger partial charge in [0.1, 0.15) is 13.2 Å². The lowest BCUT2D eigenvalue weighted by Crippen LogP contribution is -2.53. The molecule has 1 N–H and O–H groups in total. The number of piperidine rings is 2. The van der Waals surface area contributed by atoms with Gasteiger partial charge in [-0.15, -0.1) is 0 Å².